The van der Waals surface area contributed by atoms with Gasteiger partial charge in [0.05, 0.1) is 11.4 Å². The Morgan fingerprint density at radius 2 is 1.17 bits per heavy atom. The van der Waals surface area contributed by atoms with Crippen LogP contribution in [0.15, 0.2) is 122 Å². The minimum absolute atomic E-state index is 1.02. The number of hydrogen-bond donors (Lipinski definition) is 0. The maximum atomic E-state index is 5.10. The van der Waals surface area contributed by atoms with Crippen molar-refractivity contribution >= 4 is 34.9 Å². The molecule has 0 saturated heterocycles. The average molecular weight is 428 g/mol. The third kappa shape index (κ3) is 5.78. The monoisotopic (exact) mass is 427 g/mol. The molecule has 0 N–H and O–H groups in total. The van der Waals surface area contributed by atoms with Gasteiger partial charge in [-0.2, -0.15) is 0 Å². The van der Waals surface area contributed by atoms with Crippen molar-refractivity contribution in [3.8, 4) is 0 Å². The van der Waals surface area contributed by atoms with Crippen LogP contribution < -0.4 is 0 Å². The molecule has 0 unspecified atom stereocenters. The zero-order valence-corrected chi connectivity index (χ0v) is 18.8. The zero-order valence-electron chi connectivity index (χ0n) is 17.1. The summed E-state index contributed by atoms with van der Waals surface area (Å²) in [7, 11) is 0. The molecule has 1 aliphatic carbocycles. The highest BCUT2D eigenvalue weighted by Crippen LogP contribution is 2.34. The lowest BCUT2D eigenvalue weighted by Crippen LogP contribution is -2.12. The standard InChI is InChI=1S/C27H25NS2/c1-21-15-17-24(18-16-21)28-27-22(19-29-25-11-4-2-5-12-25)9-8-10-23(27)20-30-26-13-6-3-7-14-26/h2-7,11-20H,8-10H2,1H3/b22-19-,23-20+,28-27+. The summed E-state index contributed by atoms with van der Waals surface area (Å²) >= 11 is 3.57. The van der Waals surface area contributed by atoms with Crippen LogP contribution in [0.2, 0.25) is 0 Å². The van der Waals surface area contributed by atoms with Gasteiger partial charge in [-0.05, 0) is 84.5 Å². The van der Waals surface area contributed by atoms with E-state index in [1.807, 2.05) is 0 Å². The Morgan fingerprint density at radius 1 is 0.667 bits per heavy atom. The molecule has 0 aromatic heterocycles. The van der Waals surface area contributed by atoms with Gasteiger partial charge in [-0.3, -0.25) is 0 Å². The summed E-state index contributed by atoms with van der Waals surface area (Å²) in [6.07, 6.45) is 3.30. The highest BCUT2D eigenvalue weighted by atomic mass is 32.2. The van der Waals surface area contributed by atoms with Gasteiger partial charge in [-0.15, -0.1) is 0 Å². The molecular formula is C27H25NS2. The first-order valence-electron chi connectivity index (χ1n) is 10.3. The Labute approximate surface area is 188 Å². The summed E-state index contributed by atoms with van der Waals surface area (Å²) in [5, 5.41) is 4.59. The molecular weight excluding hydrogens is 402 g/mol. The van der Waals surface area contributed by atoms with Crippen LogP contribution in [0.4, 0.5) is 5.69 Å². The Morgan fingerprint density at radius 3 is 1.67 bits per heavy atom. The minimum Gasteiger partial charge on any atom is -0.248 e. The minimum atomic E-state index is 1.02. The Kier molecular flexibility index (Phi) is 7.28. The van der Waals surface area contributed by atoms with Crippen molar-refractivity contribution in [3.63, 3.8) is 0 Å². The van der Waals surface area contributed by atoms with Gasteiger partial charge in [0.15, 0.2) is 0 Å². The molecule has 0 atom stereocenters. The molecule has 0 heterocycles. The van der Waals surface area contributed by atoms with Crippen molar-refractivity contribution in [1.29, 1.82) is 0 Å². The summed E-state index contributed by atoms with van der Waals surface area (Å²) < 4.78 is 0. The van der Waals surface area contributed by atoms with Crippen LogP contribution in [0.5, 0.6) is 0 Å². The van der Waals surface area contributed by atoms with Crippen molar-refractivity contribution in [2.75, 3.05) is 0 Å². The lowest BCUT2D eigenvalue weighted by Gasteiger charge is -2.21. The summed E-state index contributed by atoms with van der Waals surface area (Å²) in [6, 6.07) is 29.6. The number of rotatable bonds is 5. The van der Waals surface area contributed by atoms with E-state index >= 15 is 0 Å². The smallest absolute Gasteiger partial charge is 0.0711 e. The molecule has 3 aromatic rings. The molecule has 1 fully saturated rings. The second-order valence-corrected chi connectivity index (χ2v) is 9.18. The van der Waals surface area contributed by atoms with Gasteiger partial charge in [0.2, 0.25) is 0 Å². The Bertz CT molecular complexity index is 988. The number of nitrogens with zero attached hydrogens (tertiary/aromatic N) is 1. The Balaban J connectivity index is 1.66. The number of aliphatic imine (C=N–C) groups is 1. The van der Waals surface area contributed by atoms with Crippen molar-refractivity contribution in [2.24, 2.45) is 4.99 Å². The zero-order chi connectivity index (χ0) is 20.6. The fraction of sp³-hybridized carbons (Fsp3) is 0.148. The maximum Gasteiger partial charge on any atom is 0.0711 e. The van der Waals surface area contributed by atoms with E-state index in [2.05, 4.69) is 103 Å². The molecule has 0 aliphatic heterocycles. The third-order valence-corrected chi connectivity index (χ3v) is 6.83. The van der Waals surface area contributed by atoms with Crippen LogP contribution in [0, 0.1) is 6.92 Å². The maximum absolute atomic E-state index is 5.10. The number of allylic oxidation sites excluding steroid dienone is 2. The highest BCUT2D eigenvalue weighted by molar-refractivity contribution is 8.02. The molecule has 3 heteroatoms. The van der Waals surface area contributed by atoms with Gasteiger partial charge in [-0.1, -0.05) is 77.6 Å². The molecule has 150 valence electrons. The summed E-state index contributed by atoms with van der Waals surface area (Å²) in [5.41, 5.74) is 6.07. The van der Waals surface area contributed by atoms with Crippen LogP contribution in [0.25, 0.3) is 0 Å². The van der Waals surface area contributed by atoms with Crippen molar-refractivity contribution < 1.29 is 0 Å². The third-order valence-electron chi connectivity index (χ3n) is 4.94. The fourth-order valence-electron chi connectivity index (χ4n) is 3.31. The second kappa shape index (κ2) is 10.5. The van der Waals surface area contributed by atoms with Crippen molar-refractivity contribution in [2.45, 2.75) is 36.0 Å². The lowest BCUT2D eigenvalue weighted by atomic mass is 9.90. The molecule has 1 saturated carbocycles. The van der Waals surface area contributed by atoms with Crippen LogP contribution >= 0.6 is 23.5 Å². The SMILES string of the molecule is Cc1ccc(/N=C2C(=C/Sc3ccccc3)\CCCC\2=C/Sc2ccccc2)cc1. The summed E-state index contributed by atoms with van der Waals surface area (Å²) in [6.45, 7) is 2.11. The molecule has 4 rings (SSSR count). The molecule has 0 amide bonds. The van der Waals surface area contributed by atoms with Crippen LogP contribution in [0.3, 0.4) is 0 Å². The topological polar surface area (TPSA) is 12.4 Å². The molecule has 3 aromatic carbocycles. The number of aryl methyl sites for hydroxylation is 1. The van der Waals surface area contributed by atoms with E-state index in [0.717, 1.165) is 30.7 Å². The summed E-state index contributed by atoms with van der Waals surface area (Å²) in [4.78, 5) is 7.62. The van der Waals surface area contributed by atoms with Gasteiger partial charge >= 0.3 is 0 Å². The van der Waals surface area contributed by atoms with E-state index in [9.17, 15) is 0 Å². The van der Waals surface area contributed by atoms with Gasteiger partial charge in [-0.25, -0.2) is 4.99 Å². The first-order valence-corrected chi connectivity index (χ1v) is 12.0. The molecule has 0 spiro atoms. The van der Waals surface area contributed by atoms with E-state index in [1.165, 1.54) is 26.5 Å². The second-order valence-electron chi connectivity index (χ2n) is 7.30. The molecule has 1 nitrogen and oxygen atoms in total. The molecule has 0 radical (unpaired) electrons. The van der Waals surface area contributed by atoms with Crippen molar-refractivity contribution in [1.82, 2.24) is 0 Å². The van der Waals surface area contributed by atoms with Gasteiger partial charge < -0.3 is 0 Å². The van der Waals surface area contributed by atoms with Crippen LogP contribution in [-0.4, -0.2) is 5.71 Å². The molecule has 0 bridgehead atoms. The lowest BCUT2D eigenvalue weighted by molar-refractivity contribution is 0.814. The van der Waals surface area contributed by atoms with Crippen LogP contribution in [-0.2, 0) is 0 Å². The van der Waals surface area contributed by atoms with E-state index in [4.69, 9.17) is 4.99 Å². The van der Waals surface area contributed by atoms with Gasteiger partial charge in [0.1, 0.15) is 0 Å². The van der Waals surface area contributed by atoms with Crippen molar-refractivity contribution in [3.05, 3.63) is 112 Å². The number of hydrogen-bond acceptors (Lipinski definition) is 3. The Hall–Kier alpha value is -2.49. The highest BCUT2D eigenvalue weighted by Gasteiger charge is 2.19. The number of thioether (sulfide) groups is 2. The van der Waals surface area contributed by atoms with Gasteiger partial charge in [0.25, 0.3) is 0 Å². The van der Waals surface area contributed by atoms with E-state index < -0.39 is 0 Å². The van der Waals surface area contributed by atoms with E-state index in [-0.39, 0.29) is 0 Å². The predicted octanol–water partition coefficient (Wildman–Crippen LogP) is 8.60. The fourth-order valence-corrected chi connectivity index (χ4v) is 4.95. The first-order chi connectivity index (χ1) is 14.8. The number of benzene rings is 3. The average Bonchev–Trinajstić information content (AvgIpc) is 2.80. The van der Waals surface area contributed by atoms with E-state index in [1.54, 1.807) is 23.5 Å². The molecule has 1 aliphatic rings. The molecule has 30 heavy (non-hydrogen) atoms. The summed E-state index contributed by atoms with van der Waals surface area (Å²) in [5.74, 6) is 0. The first kappa shape index (κ1) is 20.8. The quantitative estimate of drug-likeness (QED) is 0.378. The van der Waals surface area contributed by atoms with Crippen LogP contribution in [0.1, 0.15) is 24.8 Å². The van der Waals surface area contributed by atoms with E-state index in [0.29, 0.717) is 0 Å². The van der Waals surface area contributed by atoms with Gasteiger partial charge in [0, 0.05) is 9.79 Å². The normalized spacial score (nSPS) is 18.2. The largest absolute Gasteiger partial charge is 0.248 e. The predicted molar refractivity (Wildman–Crippen MR) is 133 cm³/mol.